The molecule has 3 heterocycles. The fourth-order valence-electron chi connectivity index (χ4n) is 3.43. The smallest absolute Gasteiger partial charge is 0.159 e. The molecule has 5 heteroatoms. The Bertz CT molecular complexity index is 610. The van der Waals surface area contributed by atoms with Crippen LogP contribution in [0.2, 0.25) is 0 Å². The second-order valence-electron chi connectivity index (χ2n) is 6.13. The van der Waals surface area contributed by atoms with Crippen LogP contribution in [0.5, 0.6) is 0 Å². The Morgan fingerprint density at radius 2 is 2.32 bits per heavy atom. The van der Waals surface area contributed by atoms with E-state index in [1.54, 1.807) is 7.11 Å². The molecule has 2 aromatic heterocycles. The maximum atomic E-state index is 5.24. The quantitative estimate of drug-likeness (QED) is 0.821. The second-order valence-corrected chi connectivity index (χ2v) is 6.13. The van der Waals surface area contributed by atoms with Crippen molar-refractivity contribution in [3.63, 3.8) is 0 Å². The number of piperidine rings is 1. The molecule has 0 bridgehead atoms. The van der Waals surface area contributed by atoms with Crippen molar-refractivity contribution in [2.75, 3.05) is 33.4 Å². The van der Waals surface area contributed by atoms with E-state index in [0.717, 1.165) is 36.5 Å². The highest BCUT2D eigenvalue weighted by Gasteiger charge is 2.21. The first-order valence-electron chi connectivity index (χ1n) is 8.33. The lowest BCUT2D eigenvalue weighted by Gasteiger charge is -2.32. The first-order valence-corrected chi connectivity index (χ1v) is 8.33. The molecule has 0 N–H and O–H groups in total. The average molecular weight is 302 g/mol. The minimum absolute atomic E-state index is 0.689. The molecule has 0 saturated carbocycles. The van der Waals surface area contributed by atoms with E-state index in [9.17, 15) is 0 Å². The molecule has 5 nitrogen and oxygen atoms in total. The maximum Gasteiger partial charge on any atom is 0.159 e. The summed E-state index contributed by atoms with van der Waals surface area (Å²) in [7, 11) is 1.74. The number of aromatic nitrogens is 3. The highest BCUT2D eigenvalue weighted by atomic mass is 16.5. The third-order valence-corrected chi connectivity index (χ3v) is 4.60. The van der Waals surface area contributed by atoms with Crippen LogP contribution in [0.15, 0.2) is 18.3 Å². The van der Waals surface area contributed by atoms with Gasteiger partial charge in [-0.15, -0.1) is 0 Å². The van der Waals surface area contributed by atoms with Gasteiger partial charge in [0.1, 0.15) is 11.3 Å². The van der Waals surface area contributed by atoms with Crippen LogP contribution in [0.25, 0.3) is 11.2 Å². The molecule has 1 fully saturated rings. The summed E-state index contributed by atoms with van der Waals surface area (Å²) in [6.45, 7) is 7.55. The van der Waals surface area contributed by atoms with Gasteiger partial charge in [0.15, 0.2) is 5.65 Å². The Kier molecular flexibility index (Phi) is 5.05. The predicted molar refractivity (Wildman–Crippen MR) is 87.9 cm³/mol. The molecule has 120 valence electrons. The lowest BCUT2D eigenvalue weighted by Crippen LogP contribution is -2.37. The molecule has 0 aliphatic carbocycles. The average Bonchev–Trinajstić information content (AvgIpc) is 2.91. The van der Waals surface area contributed by atoms with Crippen LogP contribution >= 0.6 is 0 Å². The van der Waals surface area contributed by atoms with Crippen molar-refractivity contribution in [1.82, 2.24) is 19.4 Å². The Hall–Kier alpha value is -1.46. The number of ether oxygens (including phenoxy) is 1. The molecule has 1 aliphatic rings. The Balaban J connectivity index is 1.84. The van der Waals surface area contributed by atoms with Gasteiger partial charge in [0.25, 0.3) is 0 Å². The molecule has 22 heavy (non-hydrogen) atoms. The minimum Gasteiger partial charge on any atom is -0.384 e. The summed E-state index contributed by atoms with van der Waals surface area (Å²) in [6, 6.07) is 4.01. The Morgan fingerprint density at radius 3 is 3.14 bits per heavy atom. The van der Waals surface area contributed by atoms with Crippen molar-refractivity contribution in [1.29, 1.82) is 0 Å². The first kappa shape index (κ1) is 15.4. The zero-order valence-electron chi connectivity index (χ0n) is 13.7. The van der Waals surface area contributed by atoms with E-state index in [-0.39, 0.29) is 0 Å². The largest absolute Gasteiger partial charge is 0.384 e. The monoisotopic (exact) mass is 302 g/mol. The van der Waals surface area contributed by atoms with Crippen molar-refractivity contribution in [3.05, 3.63) is 24.2 Å². The third kappa shape index (κ3) is 3.31. The van der Waals surface area contributed by atoms with E-state index in [2.05, 4.69) is 21.4 Å². The van der Waals surface area contributed by atoms with E-state index in [1.807, 2.05) is 18.3 Å². The number of hydrogen-bond acceptors (Lipinski definition) is 4. The van der Waals surface area contributed by atoms with Crippen LogP contribution in [0.4, 0.5) is 0 Å². The summed E-state index contributed by atoms with van der Waals surface area (Å²) in [4.78, 5) is 11.9. The van der Waals surface area contributed by atoms with Gasteiger partial charge in [-0.2, -0.15) is 0 Å². The molecule has 0 aromatic carbocycles. The van der Waals surface area contributed by atoms with Crippen LogP contribution in [-0.4, -0.2) is 52.8 Å². The molecule has 0 spiro atoms. The maximum absolute atomic E-state index is 5.24. The third-order valence-electron chi connectivity index (χ3n) is 4.60. The summed E-state index contributed by atoms with van der Waals surface area (Å²) in [5.74, 6) is 1.79. The van der Waals surface area contributed by atoms with Crippen LogP contribution in [0.1, 0.15) is 25.6 Å². The van der Waals surface area contributed by atoms with Crippen molar-refractivity contribution in [3.8, 4) is 0 Å². The van der Waals surface area contributed by atoms with Crippen molar-refractivity contribution in [2.45, 2.75) is 32.7 Å². The van der Waals surface area contributed by atoms with Gasteiger partial charge >= 0.3 is 0 Å². The highest BCUT2D eigenvalue weighted by Crippen LogP contribution is 2.22. The second kappa shape index (κ2) is 7.20. The molecule has 1 saturated heterocycles. The number of imidazole rings is 1. The van der Waals surface area contributed by atoms with Crippen molar-refractivity contribution in [2.24, 2.45) is 5.92 Å². The standard InChI is InChI=1S/C17H26N4O/c1-3-20-10-5-6-14(12-20)13-21-16(8-11-22-2)19-15-7-4-9-18-17(15)21/h4,7,9,14H,3,5-6,8,10-13H2,1-2H3. The number of likely N-dealkylation sites (tertiary alicyclic amines) is 1. The van der Waals surface area contributed by atoms with Gasteiger partial charge in [0.2, 0.25) is 0 Å². The van der Waals surface area contributed by atoms with E-state index in [4.69, 9.17) is 9.72 Å². The number of rotatable bonds is 6. The van der Waals surface area contributed by atoms with Crippen molar-refractivity contribution < 1.29 is 4.74 Å². The summed E-state index contributed by atoms with van der Waals surface area (Å²) in [6.07, 6.45) is 5.30. The SMILES string of the molecule is CCN1CCCC(Cn2c(CCOC)nc3cccnc32)C1. The fourth-order valence-corrected chi connectivity index (χ4v) is 3.43. The molecule has 0 amide bonds. The molecule has 2 aromatic rings. The fraction of sp³-hybridized carbons (Fsp3) is 0.647. The summed E-state index contributed by atoms with van der Waals surface area (Å²) >= 11 is 0. The summed E-state index contributed by atoms with van der Waals surface area (Å²) < 4.78 is 7.56. The van der Waals surface area contributed by atoms with Gasteiger partial charge in [-0.05, 0) is 44.0 Å². The number of hydrogen-bond donors (Lipinski definition) is 0. The number of pyridine rings is 1. The van der Waals surface area contributed by atoms with Crippen LogP contribution in [0.3, 0.4) is 0 Å². The molecular weight excluding hydrogens is 276 g/mol. The first-order chi connectivity index (χ1) is 10.8. The van der Waals surface area contributed by atoms with Gasteiger partial charge in [-0.3, -0.25) is 0 Å². The van der Waals surface area contributed by atoms with Crippen LogP contribution in [-0.2, 0) is 17.7 Å². The van der Waals surface area contributed by atoms with Gasteiger partial charge < -0.3 is 14.2 Å². The normalized spacial score (nSPS) is 19.8. The van der Waals surface area contributed by atoms with Gasteiger partial charge in [0, 0.05) is 32.8 Å². The highest BCUT2D eigenvalue weighted by molar-refractivity contribution is 5.71. The molecule has 1 unspecified atom stereocenters. The summed E-state index contributed by atoms with van der Waals surface area (Å²) in [5.41, 5.74) is 2.01. The van der Waals surface area contributed by atoms with Gasteiger partial charge in [-0.25, -0.2) is 9.97 Å². The van der Waals surface area contributed by atoms with E-state index < -0.39 is 0 Å². The lowest BCUT2D eigenvalue weighted by molar-refractivity contribution is 0.168. The molecule has 3 rings (SSSR count). The molecule has 0 radical (unpaired) electrons. The zero-order chi connectivity index (χ0) is 15.4. The lowest BCUT2D eigenvalue weighted by atomic mass is 9.98. The van der Waals surface area contributed by atoms with Crippen molar-refractivity contribution >= 4 is 11.2 Å². The van der Waals surface area contributed by atoms with Crippen LogP contribution < -0.4 is 0 Å². The Labute approximate surface area is 132 Å². The molecule has 1 aliphatic heterocycles. The van der Waals surface area contributed by atoms with E-state index in [0.29, 0.717) is 12.5 Å². The number of methoxy groups -OCH3 is 1. The topological polar surface area (TPSA) is 43.2 Å². The Morgan fingerprint density at radius 1 is 1.41 bits per heavy atom. The number of nitrogens with zero attached hydrogens (tertiary/aromatic N) is 4. The molecular formula is C17H26N4O. The zero-order valence-corrected chi connectivity index (χ0v) is 13.7. The number of fused-ring (bicyclic) bond motifs is 1. The minimum atomic E-state index is 0.689. The van der Waals surface area contributed by atoms with E-state index >= 15 is 0 Å². The summed E-state index contributed by atoms with van der Waals surface area (Å²) in [5, 5.41) is 0. The van der Waals surface area contributed by atoms with Crippen LogP contribution in [0, 0.1) is 5.92 Å². The predicted octanol–water partition coefficient (Wildman–Crippen LogP) is 2.35. The van der Waals surface area contributed by atoms with E-state index in [1.165, 1.54) is 25.9 Å². The van der Waals surface area contributed by atoms with Gasteiger partial charge in [0.05, 0.1) is 6.61 Å². The molecule has 1 atom stereocenters. The van der Waals surface area contributed by atoms with Gasteiger partial charge in [-0.1, -0.05) is 6.92 Å².